The summed E-state index contributed by atoms with van der Waals surface area (Å²) < 4.78 is 101. The highest BCUT2D eigenvalue weighted by Gasteiger charge is 2.63. The lowest BCUT2D eigenvalue weighted by molar-refractivity contribution is -0.453. The fourth-order valence-corrected chi connectivity index (χ4v) is 4.00. The molecule has 7 aliphatic heterocycles. The fourth-order valence-electron chi connectivity index (χ4n) is 4.00. The molecule has 7 heterocycles. The smallest absolute Gasteiger partial charge is 0.582 e. The van der Waals surface area contributed by atoms with Crippen LogP contribution in [-0.2, 0) is 91.4 Å². The Morgan fingerprint density at radius 1 is 0.312 bits per heavy atom. The molecule has 0 aliphatic carbocycles. The van der Waals surface area contributed by atoms with Gasteiger partial charge in [-0.15, -0.1) is 0 Å². The van der Waals surface area contributed by atoms with Crippen LogP contribution in [0.5, 0.6) is 0 Å². The van der Waals surface area contributed by atoms with Crippen LogP contribution in [0.1, 0.15) is 0 Å². The highest BCUT2D eigenvalue weighted by molar-refractivity contribution is 6.91. The Bertz CT molecular complexity index is 891. The van der Waals surface area contributed by atoms with Gasteiger partial charge in [0.15, 0.2) is 0 Å². The number of hydrogen-bond acceptors (Lipinski definition) is 26. The number of fused-ring (bicyclic) bond motifs is 4. The molecule has 7 rings (SSSR count). The highest BCUT2D eigenvalue weighted by atomic mass is 17.1. The van der Waals surface area contributed by atoms with Crippen molar-refractivity contribution in [1.29, 1.82) is 0 Å². The van der Waals surface area contributed by atoms with Gasteiger partial charge in [-0.05, 0) is 0 Å². The quantitative estimate of drug-likeness (QED) is 0.120. The van der Waals surface area contributed by atoms with Crippen LogP contribution in [0.3, 0.4) is 0 Å². The average molecular weight is 698 g/mol. The molecule has 0 aromatic rings. The first-order valence-corrected chi connectivity index (χ1v) is 14.0. The summed E-state index contributed by atoms with van der Waals surface area (Å²) in [5, 5.41) is 60.7. The number of quaternary nitrogens is 4. The van der Waals surface area contributed by atoms with Crippen molar-refractivity contribution < 1.29 is 145 Å². The van der Waals surface area contributed by atoms with Crippen LogP contribution in [0.15, 0.2) is 0 Å². The molecule has 4 atom stereocenters. The molecule has 0 aromatic carbocycles. The summed E-state index contributed by atoms with van der Waals surface area (Å²) in [6, 6.07) is 0. The van der Waals surface area contributed by atoms with Crippen molar-refractivity contribution in [2.45, 2.75) is 0 Å². The first-order valence-electron chi connectivity index (χ1n) is 14.0. The van der Waals surface area contributed by atoms with Crippen molar-refractivity contribution in [3.8, 4) is 0 Å². The zero-order valence-electron chi connectivity index (χ0n) is 24.6. The van der Waals surface area contributed by atoms with E-state index in [1.807, 2.05) is 0 Å². The minimum Gasteiger partial charge on any atom is -0.680 e. The van der Waals surface area contributed by atoms with Crippen LogP contribution >= 0.6 is 0 Å². The molecule has 7 aliphatic rings. The van der Waals surface area contributed by atoms with Crippen molar-refractivity contribution in [3.63, 3.8) is 0 Å². The van der Waals surface area contributed by atoms with E-state index in [2.05, 4.69) is 22.9 Å². The maximum atomic E-state index is 10.2. The van der Waals surface area contributed by atoms with Gasteiger partial charge in [0.25, 0.3) is 0 Å². The lowest BCUT2D eigenvalue weighted by Gasteiger charge is -2.64. The summed E-state index contributed by atoms with van der Waals surface area (Å²) in [6.07, 6.45) is 0. The van der Waals surface area contributed by atoms with Crippen molar-refractivity contribution >= 4 is 101 Å². The highest BCUT2D eigenvalue weighted by Crippen LogP contribution is 2.37. The summed E-state index contributed by atoms with van der Waals surface area (Å²) in [6.45, 7) is -11.8. The van der Waals surface area contributed by atoms with Crippen LogP contribution < -0.4 is 22.9 Å². The van der Waals surface area contributed by atoms with Gasteiger partial charge in [-0.3, -0.25) is 0 Å². The molecule has 44 heteroatoms. The second-order valence-electron chi connectivity index (χ2n) is 9.44. The summed E-state index contributed by atoms with van der Waals surface area (Å²) >= 11 is 0. The normalized spacial score (nSPS) is 35.1. The summed E-state index contributed by atoms with van der Waals surface area (Å²) in [5.41, 5.74) is 14.2. The SMILES string of the molecule is OB1OB2OB3OB(O)O[B@-]4(OB(O)O[B@@-]5(OB(O)OB(OB6OB(O)O[B@@-]7(OB(O)O[B@@-](O1)(O2)O7)O6)O5)O4)O3.[NH3+]CC[NH3+].[NH3+]CC[NH3+]. The first-order chi connectivity index (χ1) is 22.7. The molecule has 0 unspecified atom stereocenters. The van der Waals surface area contributed by atoms with Crippen molar-refractivity contribution in [2.75, 3.05) is 26.2 Å². The molecule has 7 saturated heterocycles. The standard InChI is InChI=1S/2C2H8N2.B14H6O26/c2*3-1-2-4;15-1-21-7-25-8-22-2(16)29-13(36-8)33-6(20)34-14(40-13)30-4(18)24-10(38-14)26-9-23-3(17)28-12(37-9)32-5(19)31-11(27-1,35-7)39-12/h2*1-4H2;15-20H/q;;-4/p+4/t;;11-,12+,13-,14+. The summed E-state index contributed by atoms with van der Waals surface area (Å²) in [7, 11) is -22.8. The van der Waals surface area contributed by atoms with Gasteiger partial charge in [0, 0.05) is 0 Å². The minimum absolute atomic E-state index is 0.958. The van der Waals surface area contributed by atoms with Crippen LogP contribution in [-0.4, -0.2) is 157 Å². The molecule has 8 bridgehead atoms. The Hall–Kier alpha value is -0.291. The number of hydrogen-bond donors (Lipinski definition) is 10. The minimum atomic E-state index is -3.92. The van der Waals surface area contributed by atoms with Gasteiger partial charge in [0.05, 0.1) is 0 Å². The number of rotatable bonds is 2. The predicted octanol–water partition coefficient (Wildman–Crippen LogP) is -15.1. The Balaban J connectivity index is 0.000000510. The summed E-state index contributed by atoms with van der Waals surface area (Å²) in [5.74, 6) is 0. The second kappa shape index (κ2) is 16.2. The van der Waals surface area contributed by atoms with Crippen LogP contribution in [0.25, 0.3) is 0 Å². The molecule has 260 valence electrons. The van der Waals surface area contributed by atoms with E-state index in [0.717, 1.165) is 26.2 Å². The molecular formula is C4H26B14N4O26. The van der Waals surface area contributed by atoms with Gasteiger partial charge in [0.1, 0.15) is 26.2 Å². The third kappa shape index (κ3) is 9.57. The van der Waals surface area contributed by atoms with Crippen LogP contribution in [0, 0.1) is 0 Å². The third-order valence-corrected chi connectivity index (χ3v) is 5.90. The Morgan fingerprint density at radius 3 is 0.729 bits per heavy atom. The average Bonchev–Trinajstić information content (AvgIpc) is 2.93. The van der Waals surface area contributed by atoms with Crippen molar-refractivity contribution in [2.24, 2.45) is 0 Å². The maximum Gasteiger partial charge on any atom is 0.582 e. The maximum absolute atomic E-state index is 10.2. The third-order valence-electron chi connectivity index (χ3n) is 5.90. The summed E-state index contributed by atoms with van der Waals surface area (Å²) in [4.78, 5) is 0. The van der Waals surface area contributed by atoms with Gasteiger partial charge in [-0.25, -0.2) is 0 Å². The molecule has 0 amide bonds. The molecule has 0 aromatic heterocycles. The van der Waals surface area contributed by atoms with Crippen LogP contribution in [0.4, 0.5) is 0 Å². The molecular weight excluding hydrogens is 671 g/mol. The molecule has 0 radical (unpaired) electrons. The van der Waals surface area contributed by atoms with Gasteiger partial charge in [0.2, 0.25) is 0 Å². The van der Waals surface area contributed by atoms with Crippen molar-refractivity contribution in [1.82, 2.24) is 0 Å². The molecule has 18 N–H and O–H groups in total. The lowest BCUT2D eigenvalue weighted by atomic mass is 9.76. The molecule has 30 nitrogen and oxygen atoms in total. The zero-order chi connectivity index (χ0) is 34.7. The van der Waals surface area contributed by atoms with E-state index in [1.54, 1.807) is 0 Å². The van der Waals surface area contributed by atoms with Gasteiger partial charge in [-0.2, -0.15) is 0 Å². The van der Waals surface area contributed by atoms with Crippen LogP contribution in [0.2, 0.25) is 0 Å². The van der Waals surface area contributed by atoms with E-state index in [4.69, 9.17) is 91.4 Å². The van der Waals surface area contributed by atoms with E-state index in [-0.39, 0.29) is 0 Å². The molecule has 4 spiro atoms. The Kier molecular flexibility index (Phi) is 13.1. The van der Waals surface area contributed by atoms with Crippen molar-refractivity contribution in [3.05, 3.63) is 0 Å². The second-order valence-corrected chi connectivity index (χ2v) is 9.44. The molecule has 7 fully saturated rings. The van der Waals surface area contributed by atoms with E-state index in [9.17, 15) is 30.1 Å². The van der Waals surface area contributed by atoms with E-state index in [0.29, 0.717) is 0 Å². The topological polar surface area (TPSA) is 417 Å². The monoisotopic (exact) mass is 700 g/mol. The molecule has 0 saturated carbocycles. The van der Waals surface area contributed by atoms with Gasteiger partial charge < -0.3 is 145 Å². The van der Waals surface area contributed by atoms with E-state index in [1.165, 1.54) is 0 Å². The molecule has 48 heavy (non-hydrogen) atoms. The van der Waals surface area contributed by atoms with E-state index >= 15 is 0 Å². The van der Waals surface area contributed by atoms with Gasteiger partial charge in [-0.1, -0.05) is 0 Å². The van der Waals surface area contributed by atoms with E-state index < -0.39 is 101 Å². The fraction of sp³-hybridized carbons (Fsp3) is 1.00. The largest absolute Gasteiger partial charge is 0.680 e. The Labute approximate surface area is 272 Å². The Morgan fingerprint density at radius 2 is 0.521 bits per heavy atom. The lowest BCUT2D eigenvalue weighted by Crippen LogP contribution is -2.79. The predicted molar refractivity (Wildman–Crippen MR) is 147 cm³/mol. The van der Waals surface area contributed by atoms with Gasteiger partial charge >= 0.3 is 101 Å². The zero-order valence-corrected chi connectivity index (χ0v) is 24.6. The first kappa shape index (κ1) is 38.9.